The van der Waals surface area contributed by atoms with E-state index in [0.29, 0.717) is 78.4 Å². The molecule has 17 nitrogen and oxygen atoms in total. The topological polar surface area (TPSA) is 221 Å². The van der Waals surface area contributed by atoms with Crippen LogP contribution in [0.15, 0.2) is 0 Å². The first-order valence-electron chi connectivity index (χ1n) is 17.5. The number of carbonyl (C=O) groups excluding carboxylic acids is 6. The van der Waals surface area contributed by atoms with Crippen LogP contribution in [0.4, 0.5) is 9.59 Å². The van der Waals surface area contributed by atoms with Crippen LogP contribution < -0.4 is 16.8 Å². The van der Waals surface area contributed by atoms with Crippen LogP contribution in [-0.4, -0.2) is 163 Å². The highest BCUT2D eigenvalue weighted by molar-refractivity contribution is 6.45. The fourth-order valence-electron chi connectivity index (χ4n) is 6.78. The molecule has 4 aliphatic rings. The van der Waals surface area contributed by atoms with Crippen LogP contribution in [0.1, 0.15) is 52.4 Å². The number of hydrogen-bond donors (Lipinski definition) is 4. The Labute approximate surface area is 289 Å². The van der Waals surface area contributed by atoms with Crippen LogP contribution in [0.3, 0.4) is 0 Å². The monoisotopic (exact) mass is 694 g/mol. The van der Waals surface area contributed by atoms with Crippen molar-refractivity contribution in [1.82, 2.24) is 29.7 Å². The molecule has 0 aliphatic carbocycles. The van der Waals surface area contributed by atoms with Crippen molar-refractivity contribution >= 4 is 42.9 Å². The number of carbonyl (C=O) groups is 6. The van der Waals surface area contributed by atoms with Gasteiger partial charge in [0.05, 0.1) is 13.2 Å². The van der Waals surface area contributed by atoms with Gasteiger partial charge in [0, 0.05) is 78.3 Å². The zero-order valence-corrected chi connectivity index (χ0v) is 29.2. The van der Waals surface area contributed by atoms with E-state index in [1.165, 1.54) is 0 Å². The predicted molar refractivity (Wildman–Crippen MR) is 180 cm³/mol. The van der Waals surface area contributed by atoms with Gasteiger partial charge in [-0.2, -0.15) is 0 Å². The van der Waals surface area contributed by atoms with Crippen molar-refractivity contribution in [3.05, 3.63) is 0 Å². The molecule has 0 aromatic carbocycles. The first kappa shape index (κ1) is 39.8. The third-order valence-corrected chi connectivity index (χ3v) is 9.72. The molecule has 0 saturated carbocycles. The third-order valence-electron chi connectivity index (χ3n) is 9.72. The van der Waals surface area contributed by atoms with E-state index < -0.39 is 37.2 Å². The van der Waals surface area contributed by atoms with Gasteiger partial charge in [-0.1, -0.05) is 0 Å². The van der Waals surface area contributed by atoms with Gasteiger partial charge in [-0.15, -0.1) is 0 Å². The number of ether oxygens (including phenoxy) is 2. The van der Waals surface area contributed by atoms with Gasteiger partial charge in [0.15, 0.2) is 0 Å². The minimum absolute atomic E-state index is 0.0120. The summed E-state index contributed by atoms with van der Waals surface area (Å²) >= 11 is 0. The van der Waals surface area contributed by atoms with Crippen LogP contribution >= 0.6 is 0 Å². The predicted octanol–water partition coefficient (Wildman–Crippen LogP) is -1.12. The normalized spacial score (nSPS) is 22.4. The van der Waals surface area contributed by atoms with Crippen molar-refractivity contribution in [3.63, 3.8) is 0 Å². The highest BCUT2D eigenvalue weighted by Crippen LogP contribution is 2.24. The summed E-state index contributed by atoms with van der Waals surface area (Å²) in [5.41, 5.74) is 10.5. The van der Waals surface area contributed by atoms with Crippen LogP contribution in [0, 0.1) is 11.8 Å². The Hall–Kier alpha value is -3.64. The lowest BCUT2D eigenvalue weighted by molar-refractivity contribution is -0.157. The number of nitrogens with zero attached hydrogens (tertiary/aromatic N) is 5. The van der Waals surface area contributed by atoms with Gasteiger partial charge in [-0.05, 0) is 58.2 Å². The maximum Gasteiger partial charge on any atom is 0.376 e. The summed E-state index contributed by atoms with van der Waals surface area (Å²) in [5, 5.41) is 12.9. The van der Waals surface area contributed by atoms with Crippen molar-refractivity contribution in [2.75, 3.05) is 78.7 Å². The number of amides is 6. The average molecular weight is 695 g/mol. The molecule has 4 rings (SSSR count). The second kappa shape index (κ2) is 19.5. The molecule has 0 spiro atoms. The fraction of sp³-hybridized carbons (Fsp3) is 0.806. The molecule has 4 aliphatic heterocycles. The van der Waals surface area contributed by atoms with Gasteiger partial charge >= 0.3 is 31.1 Å². The van der Waals surface area contributed by atoms with Gasteiger partial charge in [0.25, 0.3) is 0 Å². The Morgan fingerprint density at radius 3 is 1.59 bits per heavy atom. The second-order valence-corrected chi connectivity index (χ2v) is 13.0. The number of piperazine rings is 2. The van der Waals surface area contributed by atoms with E-state index in [0.717, 1.165) is 25.7 Å². The van der Waals surface area contributed by atoms with Crippen molar-refractivity contribution in [2.24, 2.45) is 23.3 Å². The van der Waals surface area contributed by atoms with Crippen LogP contribution in [0.5, 0.6) is 0 Å². The quantitative estimate of drug-likeness (QED) is 0.167. The minimum Gasteiger partial charge on any atom is -0.464 e. The van der Waals surface area contributed by atoms with E-state index in [9.17, 15) is 33.8 Å². The number of hydrogen-bond acceptors (Lipinski definition) is 11. The minimum atomic E-state index is -0.698. The summed E-state index contributed by atoms with van der Waals surface area (Å²) in [6, 6.07) is -2.07. The molecule has 6 N–H and O–H groups in total. The molecule has 276 valence electrons. The molecule has 0 radical (unpaired) electrons. The molecule has 2 atom stereocenters. The van der Waals surface area contributed by atoms with E-state index in [-0.39, 0.29) is 42.8 Å². The molecule has 0 aromatic rings. The van der Waals surface area contributed by atoms with E-state index in [1.807, 2.05) is 0 Å². The molecule has 6 amide bonds. The third kappa shape index (κ3) is 11.7. The second-order valence-electron chi connectivity index (χ2n) is 13.0. The Morgan fingerprint density at radius 1 is 0.714 bits per heavy atom. The van der Waals surface area contributed by atoms with Crippen LogP contribution in [-0.2, 0) is 28.7 Å². The first-order valence-corrected chi connectivity index (χ1v) is 17.5. The summed E-state index contributed by atoms with van der Waals surface area (Å²) < 4.78 is 10.2. The van der Waals surface area contributed by atoms with Crippen LogP contribution in [0.2, 0.25) is 6.82 Å². The molecule has 4 saturated heterocycles. The Morgan fingerprint density at radius 2 is 1.16 bits per heavy atom. The molecule has 0 bridgehead atoms. The molecule has 4 fully saturated rings. The highest BCUT2D eigenvalue weighted by atomic mass is 16.5. The average Bonchev–Trinajstić information content (AvgIpc) is 3.09. The molecule has 4 heterocycles. The molecule has 49 heavy (non-hydrogen) atoms. The summed E-state index contributed by atoms with van der Waals surface area (Å²) in [6.07, 6.45) is 3.74. The maximum absolute atomic E-state index is 12.8. The number of nitrogens with two attached hydrogens (primary N) is 2. The summed E-state index contributed by atoms with van der Waals surface area (Å²) in [6.45, 7) is 10.8. The molecular formula is C31H55BN8O9. The van der Waals surface area contributed by atoms with Gasteiger partial charge in [-0.3, -0.25) is 9.59 Å². The number of urea groups is 2. The highest BCUT2D eigenvalue weighted by Gasteiger charge is 2.39. The first-order chi connectivity index (χ1) is 23.4. The number of rotatable bonds is 9. The van der Waals surface area contributed by atoms with Gasteiger partial charge < -0.3 is 55.7 Å². The van der Waals surface area contributed by atoms with E-state index in [4.69, 9.17) is 20.9 Å². The van der Waals surface area contributed by atoms with Gasteiger partial charge in [-0.25, -0.2) is 19.2 Å². The fourth-order valence-corrected chi connectivity index (χ4v) is 6.78. The van der Waals surface area contributed by atoms with E-state index in [2.05, 4.69) is 5.32 Å². The Bertz CT molecular complexity index is 1150. The summed E-state index contributed by atoms with van der Waals surface area (Å²) in [4.78, 5) is 80.2. The Balaban J connectivity index is 0.000000267. The zero-order chi connectivity index (χ0) is 36.1. The van der Waals surface area contributed by atoms with Gasteiger partial charge in [0.1, 0.15) is 12.1 Å². The molecule has 18 heteroatoms. The number of esters is 2. The Kier molecular flexibility index (Phi) is 15.9. The van der Waals surface area contributed by atoms with Crippen molar-refractivity contribution < 1.29 is 43.3 Å². The van der Waals surface area contributed by atoms with Crippen molar-refractivity contribution in [1.29, 1.82) is 0 Å². The molecule has 0 aromatic heterocycles. The van der Waals surface area contributed by atoms with Crippen LogP contribution in [0.25, 0.3) is 0 Å². The van der Waals surface area contributed by atoms with Crippen molar-refractivity contribution in [2.45, 2.75) is 71.3 Å². The lowest BCUT2D eigenvalue weighted by atomic mass is 9.83. The van der Waals surface area contributed by atoms with Crippen molar-refractivity contribution in [3.8, 4) is 0 Å². The number of piperidine rings is 2. The lowest BCUT2D eigenvalue weighted by Crippen LogP contribution is -2.61. The number of likely N-dealkylation sites (tertiary alicyclic amines) is 2. The van der Waals surface area contributed by atoms with E-state index >= 15 is 0 Å². The zero-order valence-electron chi connectivity index (χ0n) is 29.2. The maximum atomic E-state index is 12.8. The van der Waals surface area contributed by atoms with Gasteiger partial charge in [0.2, 0.25) is 11.8 Å². The van der Waals surface area contributed by atoms with E-state index in [1.54, 1.807) is 45.1 Å². The molecule has 0 unspecified atom stereocenters. The lowest BCUT2D eigenvalue weighted by Gasteiger charge is -2.41. The summed E-state index contributed by atoms with van der Waals surface area (Å²) in [5.74, 6) is -0.467. The number of nitrogens with one attached hydrogen (secondary N) is 1. The number of primary amides is 2. The smallest absolute Gasteiger partial charge is 0.376 e. The largest absolute Gasteiger partial charge is 0.464 e. The standard InChI is InChI=1S/C16H29BN4O5.C15H26N4O4/c1-3-26-15(23)13-11-20(17(2)25)8-9-21(13)14(22)10-12-4-6-19(7-5-12)16(18)24;1-2-23-14(21)12-10-17-5-8-19(12)13(20)9-11-3-6-18(7-4-11)15(16)22/h12-13,25H,3-11H2,1-2H3,(H2,18,24);11-12,17H,2-10H2,1H3,(H2,16,22)/t13-;12-/m11/s1. The summed E-state index contributed by atoms with van der Waals surface area (Å²) in [7, 11) is -0.678. The SMILES string of the molecule is CCOC(=O)[C@H]1CN(B(C)O)CCN1C(=O)CC1CCN(C(N)=O)CC1.CCOC(=O)[C@H]1CNCCN1C(=O)CC1CCN(C(N)=O)CC1. The molecular weight excluding hydrogens is 639 g/mol.